The van der Waals surface area contributed by atoms with E-state index in [1.807, 2.05) is 0 Å². The fourth-order valence-corrected chi connectivity index (χ4v) is 4.55. The van der Waals surface area contributed by atoms with E-state index in [0.717, 1.165) is 49.0 Å². The highest BCUT2D eigenvalue weighted by atomic mass is 32.1. The van der Waals surface area contributed by atoms with Gasteiger partial charge in [-0.3, -0.25) is 0 Å². The average Bonchev–Trinajstić information content (AvgIpc) is 3.20. The summed E-state index contributed by atoms with van der Waals surface area (Å²) in [4.78, 5) is 3.60. The molecule has 4 nitrogen and oxygen atoms in total. The van der Waals surface area contributed by atoms with Gasteiger partial charge in [-0.15, -0.1) is 11.3 Å². The Hall–Kier alpha value is -1.79. The Morgan fingerprint density at radius 1 is 1.31 bits per heavy atom. The maximum Gasteiger partial charge on any atom is 0.169 e. The van der Waals surface area contributed by atoms with Gasteiger partial charge in [0.25, 0.3) is 0 Å². The molecule has 1 aliphatic rings. The molecule has 2 heterocycles. The number of thiophene rings is 1. The van der Waals surface area contributed by atoms with E-state index in [-0.39, 0.29) is 6.04 Å². The standard InChI is InChI=1S/C20H26N2O2S2/c1-4-5-9-21-20(25)22-10-8-14-12-16(23-2)17(24-3)13-15(14)19(22)18-7-6-11-26-18/h6-7,11-13,19H,4-5,8-10H2,1-3H3,(H,21,25)/t19-/m0/s1. The zero-order valence-electron chi connectivity index (χ0n) is 15.6. The third kappa shape index (κ3) is 3.81. The van der Waals surface area contributed by atoms with Crippen LogP contribution in [0.1, 0.15) is 41.8 Å². The first-order valence-electron chi connectivity index (χ1n) is 9.02. The van der Waals surface area contributed by atoms with Crippen LogP contribution < -0.4 is 14.8 Å². The maximum absolute atomic E-state index is 5.74. The molecule has 0 bridgehead atoms. The molecule has 1 aromatic heterocycles. The van der Waals surface area contributed by atoms with E-state index in [0.29, 0.717) is 0 Å². The van der Waals surface area contributed by atoms with Gasteiger partial charge in [0.1, 0.15) is 0 Å². The molecule has 0 saturated carbocycles. The molecule has 2 aromatic rings. The second-order valence-electron chi connectivity index (χ2n) is 6.35. The van der Waals surface area contributed by atoms with Crippen molar-refractivity contribution in [3.8, 4) is 11.5 Å². The summed E-state index contributed by atoms with van der Waals surface area (Å²) in [5.74, 6) is 1.55. The van der Waals surface area contributed by atoms with Crippen molar-refractivity contribution >= 4 is 28.7 Å². The molecule has 0 saturated heterocycles. The van der Waals surface area contributed by atoms with E-state index >= 15 is 0 Å². The number of fused-ring (bicyclic) bond motifs is 1. The number of rotatable bonds is 6. The third-order valence-corrected chi connectivity index (χ3v) is 6.06. The van der Waals surface area contributed by atoms with Gasteiger partial charge in [-0.2, -0.15) is 0 Å². The van der Waals surface area contributed by atoms with Gasteiger partial charge < -0.3 is 19.7 Å². The molecule has 6 heteroatoms. The maximum atomic E-state index is 5.74. The minimum Gasteiger partial charge on any atom is -0.493 e. The highest BCUT2D eigenvalue weighted by Crippen LogP contribution is 2.42. The SMILES string of the molecule is CCCCNC(=S)N1CCc2cc(OC)c(OC)cc2[C@H]1c1cccs1. The van der Waals surface area contributed by atoms with Crippen LogP contribution in [0.15, 0.2) is 29.6 Å². The summed E-state index contributed by atoms with van der Waals surface area (Å²) in [6, 6.07) is 8.61. The van der Waals surface area contributed by atoms with E-state index in [1.165, 1.54) is 16.0 Å². The molecular weight excluding hydrogens is 364 g/mol. The highest BCUT2D eigenvalue weighted by Gasteiger charge is 2.32. The largest absolute Gasteiger partial charge is 0.493 e. The number of methoxy groups -OCH3 is 2. The lowest BCUT2D eigenvalue weighted by Gasteiger charge is -2.39. The molecule has 0 fully saturated rings. The van der Waals surface area contributed by atoms with E-state index in [2.05, 4.69) is 46.8 Å². The second-order valence-corrected chi connectivity index (χ2v) is 7.72. The number of hydrogen-bond acceptors (Lipinski definition) is 4. The van der Waals surface area contributed by atoms with Crippen molar-refractivity contribution in [2.75, 3.05) is 27.3 Å². The van der Waals surface area contributed by atoms with Gasteiger partial charge in [-0.25, -0.2) is 0 Å². The molecule has 1 aliphatic heterocycles. The predicted molar refractivity (Wildman–Crippen MR) is 112 cm³/mol. The summed E-state index contributed by atoms with van der Waals surface area (Å²) in [6.07, 6.45) is 3.22. The van der Waals surface area contributed by atoms with Crippen LogP contribution in [0, 0.1) is 0 Å². The Kier molecular flexibility index (Phi) is 6.38. The molecule has 1 atom stereocenters. The zero-order valence-corrected chi connectivity index (χ0v) is 17.2. The molecule has 0 radical (unpaired) electrons. The number of thiocarbonyl (C=S) groups is 1. The monoisotopic (exact) mass is 390 g/mol. The molecule has 0 aliphatic carbocycles. The average molecular weight is 391 g/mol. The molecule has 1 N–H and O–H groups in total. The van der Waals surface area contributed by atoms with Crippen molar-refractivity contribution in [1.82, 2.24) is 10.2 Å². The quantitative estimate of drug-likeness (QED) is 0.584. The van der Waals surface area contributed by atoms with Crippen LogP contribution in [0.3, 0.4) is 0 Å². The zero-order chi connectivity index (χ0) is 18.5. The summed E-state index contributed by atoms with van der Waals surface area (Å²) in [5, 5.41) is 6.39. The molecular formula is C20H26N2O2S2. The van der Waals surface area contributed by atoms with Crippen molar-refractivity contribution in [3.05, 3.63) is 45.6 Å². The van der Waals surface area contributed by atoms with E-state index < -0.39 is 0 Å². The molecule has 1 aromatic carbocycles. The summed E-state index contributed by atoms with van der Waals surface area (Å²) in [6.45, 7) is 4.00. The summed E-state index contributed by atoms with van der Waals surface area (Å²) < 4.78 is 11.0. The Labute approximate surface area is 165 Å². The number of ether oxygens (including phenoxy) is 2. The van der Waals surface area contributed by atoms with Crippen LogP contribution in [-0.4, -0.2) is 37.3 Å². The molecule has 3 rings (SSSR count). The van der Waals surface area contributed by atoms with Crippen molar-refractivity contribution in [2.24, 2.45) is 0 Å². The van der Waals surface area contributed by atoms with Crippen molar-refractivity contribution in [2.45, 2.75) is 32.2 Å². The number of hydrogen-bond donors (Lipinski definition) is 1. The van der Waals surface area contributed by atoms with Crippen LogP contribution in [0.5, 0.6) is 11.5 Å². The van der Waals surface area contributed by atoms with E-state index in [1.54, 1.807) is 25.6 Å². The van der Waals surface area contributed by atoms with Gasteiger partial charge in [0.15, 0.2) is 16.6 Å². The topological polar surface area (TPSA) is 33.7 Å². The summed E-state index contributed by atoms with van der Waals surface area (Å²) in [5.41, 5.74) is 2.55. The first kappa shape index (κ1) is 19.0. The highest BCUT2D eigenvalue weighted by molar-refractivity contribution is 7.80. The number of nitrogens with one attached hydrogen (secondary N) is 1. The van der Waals surface area contributed by atoms with E-state index in [4.69, 9.17) is 21.7 Å². The van der Waals surface area contributed by atoms with Crippen molar-refractivity contribution in [1.29, 1.82) is 0 Å². The molecule has 140 valence electrons. The lowest BCUT2D eigenvalue weighted by Crippen LogP contribution is -2.45. The van der Waals surface area contributed by atoms with E-state index in [9.17, 15) is 0 Å². The first-order valence-corrected chi connectivity index (χ1v) is 10.3. The van der Waals surface area contributed by atoms with Crippen LogP contribution in [0.2, 0.25) is 0 Å². The van der Waals surface area contributed by atoms with Crippen LogP contribution in [0.25, 0.3) is 0 Å². The number of unbranched alkanes of at least 4 members (excludes halogenated alkanes) is 1. The Bertz CT molecular complexity index is 747. The van der Waals surface area contributed by atoms with Gasteiger partial charge in [-0.05, 0) is 59.8 Å². The van der Waals surface area contributed by atoms with Gasteiger partial charge in [-0.1, -0.05) is 19.4 Å². The number of benzene rings is 1. The van der Waals surface area contributed by atoms with Gasteiger partial charge in [0.2, 0.25) is 0 Å². The minimum atomic E-state index is 0.111. The summed E-state index contributed by atoms with van der Waals surface area (Å²) >= 11 is 7.51. The third-order valence-electron chi connectivity index (χ3n) is 4.75. The normalized spacial score (nSPS) is 16.1. The Morgan fingerprint density at radius 2 is 2.08 bits per heavy atom. The lowest BCUT2D eigenvalue weighted by molar-refractivity contribution is 0.327. The first-order chi connectivity index (χ1) is 12.7. The number of nitrogens with zero attached hydrogens (tertiary/aromatic N) is 1. The van der Waals surface area contributed by atoms with Gasteiger partial charge in [0.05, 0.1) is 20.3 Å². The minimum absolute atomic E-state index is 0.111. The van der Waals surface area contributed by atoms with Gasteiger partial charge >= 0.3 is 0 Å². The Morgan fingerprint density at radius 3 is 2.73 bits per heavy atom. The Balaban J connectivity index is 1.98. The lowest BCUT2D eigenvalue weighted by atomic mass is 9.91. The molecule has 0 spiro atoms. The summed E-state index contributed by atoms with van der Waals surface area (Å²) in [7, 11) is 3.37. The van der Waals surface area contributed by atoms with Crippen molar-refractivity contribution in [3.63, 3.8) is 0 Å². The van der Waals surface area contributed by atoms with Crippen LogP contribution in [0.4, 0.5) is 0 Å². The molecule has 0 unspecified atom stereocenters. The van der Waals surface area contributed by atoms with Crippen LogP contribution >= 0.6 is 23.6 Å². The van der Waals surface area contributed by atoms with Crippen LogP contribution in [-0.2, 0) is 6.42 Å². The van der Waals surface area contributed by atoms with Gasteiger partial charge in [0, 0.05) is 18.0 Å². The molecule has 0 amide bonds. The molecule has 26 heavy (non-hydrogen) atoms. The predicted octanol–water partition coefficient (Wildman–Crippen LogP) is 4.39. The van der Waals surface area contributed by atoms with Crippen molar-refractivity contribution < 1.29 is 9.47 Å². The fourth-order valence-electron chi connectivity index (χ4n) is 3.39. The fraction of sp³-hybridized carbons (Fsp3) is 0.450. The second kappa shape index (κ2) is 8.73. The smallest absolute Gasteiger partial charge is 0.169 e.